The van der Waals surface area contributed by atoms with Crippen LogP contribution in [0.1, 0.15) is 12.0 Å². The summed E-state index contributed by atoms with van der Waals surface area (Å²) in [7, 11) is -2.89. The van der Waals surface area contributed by atoms with Crippen LogP contribution in [0.4, 0.5) is 0 Å². The third-order valence-electron chi connectivity index (χ3n) is 2.57. The fourth-order valence-corrected chi connectivity index (χ4v) is 3.31. The summed E-state index contributed by atoms with van der Waals surface area (Å²) in [5, 5.41) is 9.48. The second-order valence-electron chi connectivity index (χ2n) is 3.89. The average Bonchev–Trinajstić information content (AvgIpc) is 2.57. The summed E-state index contributed by atoms with van der Waals surface area (Å²) in [5.41, 5.74) is 0.617. The maximum Gasteiger partial charge on any atom is 0.152 e. The summed E-state index contributed by atoms with van der Waals surface area (Å²) in [6, 6.07) is 6.68. The van der Waals surface area contributed by atoms with E-state index in [-0.39, 0.29) is 23.3 Å². The van der Waals surface area contributed by atoms with Crippen molar-refractivity contribution >= 4 is 16.1 Å². The van der Waals surface area contributed by atoms with E-state index in [0.717, 1.165) is 0 Å². The number of aromatic hydroxyl groups is 1. The molecule has 1 aromatic rings. The average molecular weight is 239 g/mol. The summed E-state index contributed by atoms with van der Waals surface area (Å²) >= 11 is 0. The minimum Gasteiger partial charge on any atom is -0.507 e. The molecule has 1 fully saturated rings. The summed E-state index contributed by atoms with van der Waals surface area (Å²) in [6.45, 7) is 0. The van der Waals surface area contributed by atoms with Crippen LogP contribution < -0.4 is 0 Å². The molecule has 5 heteroatoms. The molecule has 1 N–H and O–H groups in total. The van der Waals surface area contributed by atoms with E-state index in [1.54, 1.807) is 30.5 Å². The summed E-state index contributed by atoms with van der Waals surface area (Å²) in [6.07, 6.45) is 2.12. The first-order valence-corrected chi connectivity index (χ1v) is 6.90. The first-order valence-electron chi connectivity index (χ1n) is 5.08. The Labute approximate surface area is 94.6 Å². The molecule has 86 valence electrons. The van der Waals surface area contributed by atoms with Gasteiger partial charge in [0.15, 0.2) is 9.84 Å². The van der Waals surface area contributed by atoms with Gasteiger partial charge in [-0.2, -0.15) is 0 Å². The number of aliphatic imine (C=N–C) groups is 1. The Bertz CT molecular complexity index is 508. The number of nitrogens with zero attached hydrogens (tertiary/aromatic N) is 1. The molecule has 1 atom stereocenters. The van der Waals surface area contributed by atoms with E-state index in [0.29, 0.717) is 12.0 Å². The number of phenolic OH excluding ortho intramolecular Hbond substituents is 1. The highest BCUT2D eigenvalue weighted by Crippen LogP contribution is 2.17. The number of benzene rings is 1. The van der Waals surface area contributed by atoms with Gasteiger partial charge < -0.3 is 5.11 Å². The Morgan fingerprint density at radius 1 is 1.38 bits per heavy atom. The molecular formula is C11H13NO3S. The Hall–Kier alpha value is -1.36. The minimum absolute atomic E-state index is 0.122. The van der Waals surface area contributed by atoms with E-state index in [1.165, 1.54) is 0 Å². The maximum absolute atomic E-state index is 11.2. The van der Waals surface area contributed by atoms with Gasteiger partial charge in [-0.05, 0) is 18.6 Å². The number of rotatable bonds is 2. The van der Waals surface area contributed by atoms with E-state index in [1.807, 2.05) is 0 Å². The van der Waals surface area contributed by atoms with Gasteiger partial charge in [-0.25, -0.2) is 8.42 Å². The van der Waals surface area contributed by atoms with Crippen LogP contribution in [0.15, 0.2) is 29.3 Å². The van der Waals surface area contributed by atoms with Crippen LogP contribution >= 0.6 is 0 Å². The SMILES string of the molecule is O=S1(=O)CC[C@H](N=Cc2ccccc2O)C1. The zero-order valence-corrected chi connectivity index (χ0v) is 9.52. The zero-order chi connectivity index (χ0) is 11.6. The van der Waals surface area contributed by atoms with Crippen LogP contribution in [0.25, 0.3) is 0 Å². The predicted molar refractivity (Wildman–Crippen MR) is 62.8 cm³/mol. The van der Waals surface area contributed by atoms with Crippen LogP contribution in [0, 0.1) is 0 Å². The lowest BCUT2D eigenvalue weighted by atomic mass is 10.2. The summed E-state index contributed by atoms with van der Waals surface area (Å²) in [4.78, 5) is 4.19. The van der Waals surface area contributed by atoms with Crippen molar-refractivity contribution in [1.29, 1.82) is 0 Å². The standard InChI is InChI=1S/C11H13NO3S/c13-11-4-2-1-3-9(11)7-12-10-5-6-16(14,15)8-10/h1-4,7,10,13H,5-6,8H2/t10-/m0/s1. The molecule has 0 amide bonds. The van der Waals surface area contributed by atoms with Gasteiger partial charge in [-0.15, -0.1) is 0 Å². The highest BCUT2D eigenvalue weighted by Gasteiger charge is 2.26. The number of hydrogen-bond acceptors (Lipinski definition) is 4. The molecule has 1 aromatic carbocycles. The van der Waals surface area contributed by atoms with Gasteiger partial charge in [-0.1, -0.05) is 12.1 Å². The van der Waals surface area contributed by atoms with E-state index in [4.69, 9.17) is 0 Å². The van der Waals surface area contributed by atoms with E-state index in [9.17, 15) is 13.5 Å². The molecule has 0 radical (unpaired) electrons. The monoisotopic (exact) mass is 239 g/mol. The molecule has 0 aromatic heterocycles. The molecule has 0 aliphatic carbocycles. The van der Waals surface area contributed by atoms with Gasteiger partial charge in [0.05, 0.1) is 17.5 Å². The molecule has 1 saturated heterocycles. The lowest BCUT2D eigenvalue weighted by Crippen LogP contribution is -2.07. The van der Waals surface area contributed by atoms with Gasteiger partial charge >= 0.3 is 0 Å². The van der Waals surface area contributed by atoms with Gasteiger partial charge in [0.2, 0.25) is 0 Å². The van der Waals surface area contributed by atoms with Crippen LogP contribution in [0.5, 0.6) is 5.75 Å². The number of hydrogen-bond donors (Lipinski definition) is 1. The van der Waals surface area contributed by atoms with Crippen molar-refractivity contribution in [3.8, 4) is 5.75 Å². The highest BCUT2D eigenvalue weighted by atomic mass is 32.2. The summed E-state index contributed by atoms with van der Waals surface area (Å²) in [5.74, 6) is 0.500. The van der Waals surface area contributed by atoms with Crippen LogP contribution in [-0.2, 0) is 9.84 Å². The molecule has 0 spiro atoms. The zero-order valence-electron chi connectivity index (χ0n) is 8.70. The van der Waals surface area contributed by atoms with Gasteiger partial charge in [0, 0.05) is 11.8 Å². The third kappa shape index (κ3) is 2.61. The van der Waals surface area contributed by atoms with Crippen molar-refractivity contribution in [3.63, 3.8) is 0 Å². The Morgan fingerprint density at radius 3 is 2.75 bits per heavy atom. The first kappa shape index (κ1) is 11.1. The lowest BCUT2D eigenvalue weighted by Gasteiger charge is -2.00. The van der Waals surface area contributed by atoms with Crippen molar-refractivity contribution in [3.05, 3.63) is 29.8 Å². The normalized spacial score (nSPS) is 23.9. The Balaban J connectivity index is 2.09. The number of para-hydroxylation sites is 1. The van der Waals surface area contributed by atoms with Gasteiger partial charge in [0.1, 0.15) is 5.75 Å². The summed E-state index contributed by atoms with van der Waals surface area (Å²) < 4.78 is 22.4. The maximum atomic E-state index is 11.2. The molecule has 0 saturated carbocycles. The predicted octanol–water partition coefficient (Wildman–Crippen LogP) is 0.998. The molecule has 16 heavy (non-hydrogen) atoms. The smallest absolute Gasteiger partial charge is 0.152 e. The van der Waals surface area contributed by atoms with E-state index < -0.39 is 9.84 Å². The molecule has 4 nitrogen and oxygen atoms in total. The second-order valence-corrected chi connectivity index (χ2v) is 6.12. The van der Waals surface area contributed by atoms with Crippen LogP contribution in [0.2, 0.25) is 0 Å². The van der Waals surface area contributed by atoms with Crippen LogP contribution in [0.3, 0.4) is 0 Å². The number of sulfone groups is 1. The van der Waals surface area contributed by atoms with Gasteiger partial charge in [0.25, 0.3) is 0 Å². The minimum atomic E-state index is -2.89. The topological polar surface area (TPSA) is 66.7 Å². The molecule has 1 aliphatic rings. The van der Waals surface area contributed by atoms with Crippen molar-refractivity contribution in [2.75, 3.05) is 11.5 Å². The lowest BCUT2D eigenvalue weighted by molar-refractivity contribution is 0.474. The molecule has 0 bridgehead atoms. The highest BCUT2D eigenvalue weighted by molar-refractivity contribution is 7.91. The molecular weight excluding hydrogens is 226 g/mol. The van der Waals surface area contributed by atoms with Crippen molar-refractivity contribution < 1.29 is 13.5 Å². The quantitative estimate of drug-likeness (QED) is 0.783. The first-order chi connectivity index (χ1) is 7.57. The molecule has 2 rings (SSSR count). The van der Waals surface area contributed by atoms with E-state index >= 15 is 0 Å². The van der Waals surface area contributed by atoms with Crippen molar-refractivity contribution in [1.82, 2.24) is 0 Å². The van der Waals surface area contributed by atoms with Crippen LogP contribution in [-0.4, -0.2) is 37.3 Å². The Kier molecular flexibility index (Phi) is 2.96. The number of phenols is 1. The van der Waals surface area contributed by atoms with Crippen molar-refractivity contribution in [2.45, 2.75) is 12.5 Å². The largest absolute Gasteiger partial charge is 0.507 e. The van der Waals surface area contributed by atoms with Crippen molar-refractivity contribution in [2.24, 2.45) is 4.99 Å². The molecule has 1 aliphatic heterocycles. The Morgan fingerprint density at radius 2 is 2.12 bits per heavy atom. The molecule has 1 heterocycles. The fraction of sp³-hybridized carbons (Fsp3) is 0.364. The van der Waals surface area contributed by atoms with E-state index in [2.05, 4.69) is 4.99 Å². The third-order valence-corrected chi connectivity index (χ3v) is 4.32. The van der Waals surface area contributed by atoms with Gasteiger partial charge in [-0.3, -0.25) is 4.99 Å². The molecule has 0 unspecified atom stereocenters. The second kappa shape index (κ2) is 4.25. The fourth-order valence-electron chi connectivity index (χ4n) is 1.68.